The SMILES string of the molecule is O=C1CC(C(F)(F)F)c2cc(Br)ccc21. The third-order valence-electron chi connectivity index (χ3n) is 2.47. The standard InChI is InChI=1S/C10H6BrF3O/c11-5-1-2-6-7(3-5)8(4-9(6)15)10(12,13)14/h1-3,8H,4H2. The molecule has 0 fully saturated rings. The van der Waals surface area contributed by atoms with Crippen LogP contribution in [0.15, 0.2) is 22.7 Å². The van der Waals surface area contributed by atoms with Crippen molar-refractivity contribution < 1.29 is 18.0 Å². The molecule has 0 radical (unpaired) electrons. The van der Waals surface area contributed by atoms with Crippen LogP contribution in [0.3, 0.4) is 0 Å². The summed E-state index contributed by atoms with van der Waals surface area (Å²) in [6.45, 7) is 0. The molecule has 0 spiro atoms. The van der Waals surface area contributed by atoms with Crippen LogP contribution in [0.25, 0.3) is 0 Å². The normalized spacial score (nSPS) is 20.5. The van der Waals surface area contributed by atoms with E-state index in [-0.39, 0.29) is 11.1 Å². The average Bonchev–Trinajstić information content (AvgIpc) is 2.42. The molecule has 0 saturated carbocycles. The van der Waals surface area contributed by atoms with E-state index in [9.17, 15) is 18.0 Å². The van der Waals surface area contributed by atoms with Crippen molar-refractivity contribution in [2.24, 2.45) is 0 Å². The summed E-state index contributed by atoms with van der Waals surface area (Å²) in [5.41, 5.74) is 0.280. The molecule has 2 rings (SSSR count). The van der Waals surface area contributed by atoms with E-state index in [1.54, 1.807) is 6.07 Å². The second kappa shape index (κ2) is 3.33. The molecule has 1 aliphatic rings. The van der Waals surface area contributed by atoms with E-state index >= 15 is 0 Å². The van der Waals surface area contributed by atoms with Gasteiger partial charge in [0.05, 0.1) is 5.92 Å². The van der Waals surface area contributed by atoms with Gasteiger partial charge >= 0.3 is 6.18 Å². The van der Waals surface area contributed by atoms with Crippen LogP contribution in [0.4, 0.5) is 13.2 Å². The Morgan fingerprint density at radius 2 is 2.00 bits per heavy atom. The molecule has 0 heterocycles. The number of benzene rings is 1. The molecule has 1 aromatic carbocycles. The van der Waals surface area contributed by atoms with Gasteiger partial charge < -0.3 is 0 Å². The minimum absolute atomic E-state index is 0.0851. The molecule has 1 aromatic rings. The maximum Gasteiger partial charge on any atom is 0.396 e. The quantitative estimate of drug-likeness (QED) is 0.708. The van der Waals surface area contributed by atoms with Crippen molar-refractivity contribution in [3.05, 3.63) is 33.8 Å². The van der Waals surface area contributed by atoms with Crippen molar-refractivity contribution in [3.63, 3.8) is 0 Å². The molecule has 0 aliphatic heterocycles. The third kappa shape index (κ3) is 1.80. The van der Waals surface area contributed by atoms with E-state index in [4.69, 9.17) is 0 Å². The molecule has 1 aliphatic carbocycles. The summed E-state index contributed by atoms with van der Waals surface area (Å²) in [7, 11) is 0. The summed E-state index contributed by atoms with van der Waals surface area (Å²) in [6, 6.07) is 4.39. The molecule has 5 heteroatoms. The molecule has 1 unspecified atom stereocenters. The Morgan fingerprint density at radius 3 is 2.60 bits per heavy atom. The summed E-state index contributed by atoms with van der Waals surface area (Å²) >= 11 is 3.10. The van der Waals surface area contributed by atoms with Crippen LogP contribution < -0.4 is 0 Å². The molecule has 0 amide bonds. The van der Waals surface area contributed by atoms with Crippen molar-refractivity contribution in [3.8, 4) is 0 Å². The molecule has 1 nitrogen and oxygen atoms in total. The molecule has 0 aromatic heterocycles. The van der Waals surface area contributed by atoms with Gasteiger partial charge in [-0.25, -0.2) is 0 Å². The monoisotopic (exact) mass is 278 g/mol. The number of Topliss-reactive ketones (excluding diaryl/α,β-unsaturated/α-hetero) is 1. The minimum atomic E-state index is -4.35. The molecule has 0 saturated heterocycles. The summed E-state index contributed by atoms with van der Waals surface area (Å²) in [5, 5.41) is 0. The number of ketones is 1. The summed E-state index contributed by atoms with van der Waals surface area (Å²) in [5.74, 6) is -2.07. The Kier molecular flexibility index (Phi) is 2.37. The van der Waals surface area contributed by atoms with Crippen molar-refractivity contribution in [1.29, 1.82) is 0 Å². The van der Waals surface area contributed by atoms with Gasteiger partial charge in [-0.05, 0) is 23.8 Å². The lowest BCUT2D eigenvalue weighted by Gasteiger charge is -2.14. The highest BCUT2D eigenvalue weighted by Crippen LogP contribution is 2.44. The summed E-state index contributed by atoms with van der Waals surface area (Å²) in [6.07, 6.45) is -4.81. The zero-order valence-electron chi connectivity index (χ0n) is 7.44. The van der Waals surface area contributed by atoms with Crippen LogP contribution in [0.2, 0.25) is 0 Å². The van der Waals surface area contributed by atoms with Crippen LogP contribution in [0.5, 0.6) is 0 Å². The van der Waals surface area contributed by atoms with Crippen LogP contribution in [-0.4, -0.2) is 12.0 Å². The fourth-order valence-corrected chi connectivity index (χ4v) is 2.15. The van der Waals surface area contributed by atoms with Gasteiger partial charge in [-0.3, -0.25) is 4.79 Å². The first-order valence-corrected chi connectivity index (χ1v) is 5.08. The largest absolute Gasteiger partial charge is 0.396 e. The van der Waals surface area contributed by atoms with Crippen LogP contribution in [0.1, 0.15) is 28.3 Å². The van der Waals surface area contributed by atoms with Crippen molar-refractivity contribution >= 4 is 21.7 Å². The fraction of sp³-hybridized carbons (Fsp3) is 0.300. The third-order valence-corrected chi connectivity index (χ3v) is 2.97. The van der Waals surface area contributed by atoms with E-state index < -0.39 is 24.3 Å². The molecule has 15 heavy (non-hydrogen) atoms. The molecular weight excluding hydrogens is 273 g/mol. The van der Waals surface area contributed by atoms with E-state index in [1.165, 1.54) is 12.1 Å². The lowest BCUT2D eigenvalue weighted by molar-refractivity contribution is -0.148. The first-order valence-electron chi connectivity index (χ1n) is 4.29. The first-order chi connectivity index (χ1) is 6.89. The smallest absolute Gasteiger partial charge is 0.294 e. The maximum absolute atomic E-state index is 12.6. The van der Waals surface area contributed by atoms with E-state index in [0.717, 1.165) is 0 Å². The number of hydrogen-bond donors (Lipinski definition) is 0. The van der Waals surface area contributed by atoms with E-state index in [2.05, 4.69) is 15.9 Å². The number of carbonyl (C=O) groups is 1. The lowest BCUT2D eigenvalue weighted by atomic mass is 10.0. The van der Waals surface area contributed by atoms with Gasteiger partial charge in [0.2, 0.25) is 0 Å². The highest BCUT2D eigenvalue weighted by atomic mass is 79.9. The Labute approximate surface area is 92.4 Å². The van der Waals surface area contributed by atoms with Crippen molar-refractivity contribution in [1.82, 2.24) is 0 Å². The predicted octanol–water partition coefficient (Wildman–Crippen LogP) is 3.68. The Hall–Kier alpha value is -0.840. The number of alkyl halides is 3. The van der Waals surface area contributed by atoms with Gasteiger partial charge in [-0.2, -0.15) is 13.2 Å². The summed E-state index contributed by atoms with van der Waals surface area (Å²) < 4.78 is 38.3. The van der Waals surface area contributed by atoms with Crippen LogP contribution in [0, 0.1) is 0 Å². The van der Waals surface area contributed by atoms with Gasteiger partial charge in [0.15, 0.2) is 5.78 Å². The van der Waals surface area contributed by atoms with E-state index in [1.807, 2.05) is 0 Å². The lowest BCUT2D eigenvalue weighted by Crippen LogP contribution is -2.18. The van der Waals surface area contributed by atoms with Crippen molar-refractivity contribution in [2.45, 2.75) is 18.5 Å². The summed E-state index contributed by atoms with van der Waals surface area (Å²) in [4.78, 5) is 11.3. The average molecular weight is 279 g/mol. The van der Waals surface area contributed by atoms with E-state index in [0.29, 0.717) is 4.47 Å². The second-order valence-corrected chi connectivity index (χ2v) is 4.37. The van der Waals surface area contributed by atoms with Crippen LogP contribution >= 0.6 is 15.9 Å². The predicted molar refractivity (Wildman–Crippen MR) is 51.9 cm³/mol. The number of fused-ring (bicyclic) bond motifs is 1. The Morgan fingerprint density at radius 1 is 1.33 bits per heavy atom. The number of halogens is 4. The zero-order chi connectivity index (χ0) is 11.2. The number of hydrogen-bond acceptors (Lipinski definition) is 1. The highest BCUT2D eigenvalue weighted by molar-refractivity contribution is 9.10. The van der Waals surface area contributed by atoms with Gasteiger partial charge in [0, 0.05) is 16.5 Å². The maximum atomic E-state index is 12.6. The van der Waals surface area contributed by atoms with Gasteiger partial charge in [-0.15, -0.1) is 0 Å². The van der Waals surface area contributed by atoms with Crippen molar-refractivity contribution in [2.75, 3.05) is 0 Å². The van der Waals surface area contributed by atoms with Gasteiger partial charge in [0.1, 0.15) is 0 Å². The fourth-order valence-electron chi connectivity index (χ4n) is 1.77. The Balaban J connectivity index is 2.53. The number of carbonyl (C=O) groups excluding carboxylic acids is 1. The van der Waals surface area contributed by atoms with Gasteiger partial charge in [0.25, 0.3) is 0 Å². The van der Waals surface area contributed by atoms with Gasteiger partial charge in [-0.1, -0.05) is 15.9 Å². The molecule has 0 N–H and O–H groups in total. The highest BCUT2D eigenvalue weighted by Gasteiger charge is 2.47. The molecule has 0 bridgehead atoms. The molecular formula is C10H6BrF3O. The zero-order valence-corrected chi connectivity index (χ0v) is 9.02. The van der Waals surface area contributed by atoms with Crippen LogP contribution in [-0.2, 0) is 0 Å². The minimum Gasteiger partial charge on any atom is -0.294 e. The number of rotatable bonds is 0. The topological polar surface area (TPSA) is 17.1 Å². The Bertz CT molecular complexity index is 425. The molecule has 80 valence electrons. The second-order valence-electron chi connectivity index (χ2n) is 3.45. The first kappa shape index (κ1) is 10.7. The molecule has 1 atom stereocenters.